The molecule has 6 nitrogen and oxygen atoms in total. The molecule has 3 aliphatic rings. The number of carbonyl (C=O) groups excluding carboxylic acids is 1. The van der Waals surface area contributed by atoms with E-state index in [0.717, 1.165) is 30.2 Å². The average Bonchev–Trinajstić information content (AvgIpc) is 3.18. The number of hydrogen-bond donors (Lipinski definition) is 1. The van der Waals surface area contributed by atoms with Crippen LogP contribution in [0.25, 0.3) is 5.57 Å². The summed E-state index contributed by atoms with van der Waals surface area (Å²) in [5.41, 5.74) is 4.54. The first-order chi connectivity index (χ1) is 17.2. The number of fused-ring (bicyclic) bond motifs is 2. The first kappa shape index (κ1) is 24.7. The van der Waals surface area contributed by atoms with Gasteiger partial charge in [-0.15, -0.1) is 0 Å². The lowest BCUT2D eigenvalue weighted by Gasteiger charge is -2.40. The van der Waals surface area contributed by atoms with Crippen LogP contribution < -0.4 is 5.32 Å². The molecule has 2 aromatic rings. The number of ether oxygens (including phenoxy) is 1. The van der Waals surface area contributed by atoms with Crippen LogP contribution in [0.2, 0.25) is 5.02 Å². The second-order valence-electron chi connectivity index (χ2n) is 11.0. The highest BCUT2D eigenvalue weighted by Gasteiger charge is 2.39. The molecule has 36 heavy (non-hydrogen) atoms. The zero-order valence-corrected chi connectivity index (χ0v) is 22.3. The molecule has 1 saturated heterocycles. The zero-order valence-electron chi connectivity index (χ0n) is 21.5. The number of benzene rings is 1. The summed E-state index contributed by atoms with van der Waals surface area (Å²) in [6.45, 7) is 9.91. The Morgan fingerprint density at radius 3 is 2.72 bits per heavy atom. The summed E-state index contributed by atoms with van der Waals surface area (Å²) in [4.78, 5) is 19.0. The van der Waals surface area contributed by atoms with Crippen molar-refractivity contribution in [1.82, 2.24) is 19.8 Å². The monoisotopic (exact) mass is 506 g/mol. The SMILES string of the molecule is Cc1nccn1CC1=CC2=CC=CNC2C(C2CCN(C(=O)OC(C)(C)C)CC2)c2ccc(Cl)cc21. The maximum absolute atomic E-state index is 12.7. The van der Waals surface area contributed by atoms with Crippen molar-refractivity contribution in [3.63, 3.8) is 0 Å². The lowest BCUT2D eigenvalue weighted by Crippen LogP contribution is -2.45. The Kier molecular flexibility index (Phi) is 6.73. The summed E-state index contributed by atoms with van der Waals surface area (Å²) in [6, 6.07) is 6.49. The number of aromatic nitrogens is 2. The van der Waals surface area contributed by atoms with Crippen molar-refractivity contribution < 1.29 is 9.53 Å². The number of rotatable bonds is 3. The van der Waals surface area contributed by atoms with E-state index in [-0.39, 0.29) is 18.1 Å². The van der Waals surface area contributed by atoms with Gasteiger partial charge >= 0.3 is 6.09 Å². The lowest BCUT2D eigenvalue weighted by molar-refractivity contribution is 0.0171. The van der Waals surface area contributed by atoms with E-state index < -0.39 is 5.60 Å². The lowest BCUT2D eigenvalue weighted by atomic mass is 9.73. The maximum atomic E-state index is 12.7. The largest absolute Gasteiger partial charge is 0.444 e. The number of allylic oxidation sites excluding steroid dienone is 3. The fourth-order valence-electron chi connectivity index (χ4n) is 5.70. The molecule has 2 aliphatic heterocycles. The average molecular weight is 507 g/mol. The van der Waals surface area contributed by atoms with Crippen LogP contribution in [0.5, 0.6) is 0 Å². The van der Waals surface area contributed by atoms with Crippen LogP contribution in [0.15, 0.2) is 60.6 Å². The quantitative estimate of drug-likeness (QED) is 0.547. The Bertz CT molecular complexity index is 1230. The highest BCUT2D eigenvalue weighted by Crippen LogP contribution is 2.45. The summed E-state index contributed by atoms with van der Waals surface area (Å²) in [5.74, 6) is 1.66. The van der Waals surface area contributed by atoms with E-state index in [2.05, 4.69) is 45.2 Å². The molecule has 1 aromatic carbocycles. The predicted octanol–water partition coefficient (Wildman–Crippen LogP) is 6.08. The molecular weight excluding hydrogens is 472 g/mol. The van der Waals surface area contributed by atoms with Crippen molar-refractivity contribution in [2.45, 2.75) is 64.6 Å². The molecule has 7 heteroatoms. The molecule has 3 heterocycles. The second-order valence-corrected chi connectivity index (χ2v) is 11.4. The van der Waals surface area contributed by atoms with Crippen LogP contribution >= 0.6 is 11.6 Å². The number of likely N-dealkylation sites (tertiary alicyclic amines) is 1. The van der Waals surface area contributed by atoms with Crippen LogP contribution in [0.4, 0.5) is 4.79 Å². The molecule has 1 N–H and O–H groups in total. The molecule has 0 saturated carbocycles. The van der Waals surface area contributed by atoms with Crippen molar-refractivity contribution in [3.05, 3.63) is 82.6 Å². The number of nitrogens with zero attached hydrogens (tertiary/aromatic N) is 3. The van der Waals surface area contributed by atoms with E-state index in [9.17, 15) is 4.79 Å². The zero-order chi connectivity index (χ0) is 25.4. The number of piperidine rings is 1. The van der Waals surface area contributed by atoms with Crippen molar-refractivity contribution in [2.75, 3.05) is 13.1 Å². The number of dihydropyridines is 1. The Morgan fingerprint density at radius 2 is 2.03 bits per heavy atom. The molecule has 1 amide bonds. The van der Waals surface area contributed by atoms with Crippen molar-refractivity contribution in [3.8, 4) is 0 Å². The summed E-state index contributed by atoms with van der Waals surface area (Å²) < 4.78 is 7.81. The van der Waals surface area contributed by atoms with Gasteiger partial charge in [-0.3, -0.25) is 0 Å². The van der Waals surface area contributed by atoms with Gasteiger partial charge in [-0.25, -0.2) is 9.78 Å². The smallest absolute Gasteiger partial charge is 0.410 e. The van der Waals surface area contributed by atoms with Gasteiger partial charge in [0.1, 0.15) is 11.4 Å². The molecule has 2 atom stereocenters. The molecule has 1 fully saturated rings. The molecule has 1 aromatic heterocycles. The van der Waals surface area contributed by atoms with Gasteiger partial charge in [0.25, 0.3) is 0 Å². The van der Waals surface area contributed by atoms with Crippen molar-refractivity contribution in [2.24, 2.45) is 5.92 Å². The minimum atomic E-state index is -0.485. The van der Waals surface area contributed by atoms with E-state index in [1.54, 1.807) is 0 Å². The maximum Gasteiger partial charge on any atom is 0.410 e. The predicted molar refractivity (Wildman–Crippen MR) is 144 cm³/mol. The number of nitrogens with one attached hydrogen (secondary N) is 1. The van der Waals surface area contributed by atoms with Crippen LogP contribution in [-0.2, 0) is 11.3 Å². The van der Waals surface area contributed by atoms with E-state index >= 15 is 0 Å². The number of aryl methyl sites for hydroxylation is 1. The van der Waals surface area contributed by atoms with Crippen LogP contribution in [-0.4, -0.2) is 45.3 Å². The Hall–Kier alpha value is -2.99. The number of hydrogen-bond acceptors (Lipinski definition) is 4. The minimum Gasteiger partial charge on any atom is -0.444 e. The molecule has 190 valence electrons. The topological polar surface area (TPSA) is 59.4 Å². The van der Waals surface area contributed by atoms with Gasteiger partial charge in [-0.1, -0.05) is 29.8 Å². The number of amides is 1. The second kappa shape index (κ2) is 9.81. The minimum absolute atomic E-state index is 0.161. The first-order valence-electron chi connectivity index (χ1n) is 12.8. The standard InChI is InChI=1S/C29H35ClN4O2/c1-19-31-12-15-34(19)18-22-16-21-6-5-11-32-27(21)26(24-8-7-23(30)17-25(22)24)20-9-13-33(14-10-20)28(35)36-29(2,3)4/h5-8,11-12,15-17,20,26-27,32H,9-10,13-14,18H2,1-4H3. The fraction of sp³-hybridized carbons (Fsp3) is 0.448. The van der Waals surface area contributed by atoms with Gasteiger partial charge in [-0.2, -0.15) is 0 Å². The number of halogens is 1. The molecule has 0 bridgehead atoms. The summed E-state index contributed by atoms with van der Waals surface area (Å²) in [6.07, 6.45) is 14.2. The van der Waals surface area contributed by atoms with Gasteiger partial charge in [0.15, 0.2) is 0 Å². The van der Waals surface area contributed by atoms with Crippen LogP contribution in [0.3, 0.4) is 0 Å². The Labute approximate surface area is 218 Å². The van der Waals surface area contributed by atoms with Gasteiger partial charge in [0.05, 0.1) is 6.04 Å². The summed E-state index contributed by atoms with van der Waals surface area (Å²) >= 11 is 6.55. The molecule has 1 aliphatic carbocycles. The van der Waals surface area contributed by atoms with Gasteiger partial charge < -0.3 is 19.5 Å². The van der Waals surface area contributed by atoms with Gasteiger partial charge in [0, 0.05) is 43.0 Å². The molecule has 0 radical (unpaired) electrons. The van der Waals surface area contributed by atoms with E-state index in [4.69, 9.17) is 16.3 Å². The number of imidazole rings is 1. The first-order valence-corrected chi connectivity index (χ1v) is 13.2. The fourth-order valence-corrected chi connectivity index (χ4v) is 5.87. The molecular formula is C29H35ClN4O2. The highest BCUT2D eigenvalue weighted by molar-refractivity contribution is 6.30. The van der Waals surface area contributed by atoms with E-state index in [1.165, 1.54) is 22.3 Å². The van der Waals surface area contributed by atoms with Crippen molar-refractivity contribution >= 4 is 23.3 Å². The van der Waals surface area contributed by atoms with Gasteiger partial charge in [0.2, 0.25) is 0 Å². The van der Waals surface area contributed by atoms with E-state index in [1.807, 2.05) is 57.3 Å². The Balaban J connectivity index is 1.48. The highest BCUT2D eigenvalue weighted by atomic mass is 35.5. The summed E-state index contributed by atoms with van der Waals surface area (Å²) in [5, 5.41) is 4.41. The van der Waals surface area contributed by atoms with Crippen molar-refractivity contribution in [1.29, 1.82) is 0 Å². The van der Waals surface area contributed by atoms with Crippen LogP contribution in [0.1, 0.15) is 56.5 Å². The molecule has 5 rings (SSSR count). The third-order valence-electron chi connectivity index (χ3n) is 7.40. The Morgan fingerprint density at radius 1 is 1.25 bits per heavy atom. The molecule has 2 unspecified atom stereocenters. The summed E-state index contributed by atoms with van der Waals surface area (Å²) in [7, 11) is 0. The number of carbonyl (C=O) groups is 1. The van der Waals surface area contributed by atoms with Gasteiger partial charge in [-0.05, 0) is 93.1 Å². The third-order valence-corrected chi connectivity index (χ3v) is 7.64. The van der Waals surface area contributed by atoms with Crippen LogP contribution in [0, 0.1) is 12.8 Å². The third kappa shape index (κ3) is 5.10. The van der Waals surface area contributed by atoms with E-state index in [0.29, 0.717) is 19.0 Å². The normalized spacial score (nSPS) is 22.1. The molecule has 0 spiro atoms.